The summed E-state index contributed by atoms with van der Waals surface area (Å²) in [6.07, 6.45) is -0.683. The minimum Gasteiger partial charge on any atom is -0.478 e. The van der Waals surface area contributed by atoms with Gasteiger partial charge in [0.25, 0.3) is 0 Å². The highest BCUT2D eigenvalue weighted by Crippen LogP contribution is 2.27. The maximum Gasteiger partial charge on any atom is 0.245 e. The largest absolute Gasteiger partial charge is 0.478 e. The van der Waals surface area contributed by atoms with Crippen molar-refractivity contribution in [3.8, 4) is 5.75 Å². The lowest BCUT2D eigenvalue weighted by Crippen LogP contribution is -2.46. The van der Waals surface area contributed by atoms with Crippen LogP contribution in [-0.2, 0) is 32.5 Å². The zero-order chi connectivity index (χ0) is 28.5. The Balaban J connectivity index is 1.54. The van der Waals surface area contributed by atoms with E-state index < -0.39 is 52.2 Å². The summed E-state index contributed by atoms with van der Waals surface area (Å²) in [5.41, 5.74) is 0.528. The van der Waals surface area contributed by atoms with E-state index in [1.54, 1.807) is 0 Å². The summed E-state index contributed by atoms with van der Waals surface area (Å²) >= 11 is 5.77. The van der Waals surface area contributed by atoms with Crippen LogP contribution < -0.4 is 10.1 Å². The van der Waals surface area contributed by atoms with Crippen LogP contribution in [0.15, 0.2) is 36.4 Å². The number of carbonyl (C=O) groups excluding carboxylic acids is 3. The van der Waals surface area contributed by atoms with Crippen molar-refractivity contribution in [1.82, 2.24) is 20.0 Å². The van der Waals surface area contributed by atoms with Gasteiger partial charge in [-0.25, -0.2) is 17.2 Å². The number of sulfone groups is 1. The molecule has 2 atom stereocenters. The summed E-state index contributed by atoms with van der Waals surface area (Å²) in [5.74, 6) is -2.75. The molecule has 0 radical (unpaired) electrons. The zero-order valence-corrected chi connectivity index (χ0v) is 22.6. The summed E-state index contributed by atoms with van der Waals surface area (Å²) in [7, 11) is -3.43. The number of nitrogens with zero attached hydrogens (tertiary/aromatic N) is 3. The second-order valence-corrected chi connectivity index (χ2v) is 11.7. The number of aromatic nitrogens is 2. The molecule has 3 aromatic rings. The molecule has 2 heterocycles. The van der Waals surface area contributed by atoms with E-state index in [1.165, 1.54) is 48.0 Å². The minimum absolute atomic E-state index is 0.0788. The van der Waals surface area contributed by atoms with E-state index >= 15 is 0 Å². The Morgan fingerprint density at radius 3 is 2.67 bits per heavy atom. The van der Waals surface area contributed by atoms with Crippen LogP contribution in [0.2, 0.25) is 5.02 Å². The van der Waals surface area contributed by atoms with Crippen LogP contribution in [0.5, 0.6) is 5.75 Å². The highest BCUT2D eigenvalue weighted by atomic mass is 35.5. The van der Waals surface area contributed by atoms with Gasteiger partial charge in [-0.1, -0.05) is 23.7 Å². The molecule has 0 spiro atoms. The van der Waals surface area contributed by atoms with Crippen molar-refractivity contribution in [2.75, 3.05) is 18.7 Å². The first-order valence-corrected chi connectivity index (χ1v) is 14.2. The first-order valence-electron chi connectivity index (χ1n) is 11.8. The molecule has 1 N–H and O–H groups in total. The Bertz CT molecular complexity index is 1560. The Kier molecular flexibility index (Phi) is 8.21. The first-order chi connectivity index (χ1) is 18.3. The van der Waals surface area contributed by atoms with Crippen LogP contribution in [0, 0.1) is 5.82 Å². The van der Waals surface area contributed by atoms with Crippen LogP contribution >= 0.6 is 11.6 Å². The SMILES string of the molecule is CC(=O)c1nn(CC(=O)N2C[C@H](F)C[C@H]2C(=O)NCc2cccc(Cl)c2F)c2cc(OCS(C)(=O)=O)ccc12. The second kappa shape index (κ2) is 11.3. The molecule has 1 aromatic heterocycles. The van der Waals surface area contributed by atoms with Crippen LogP contribution in [0.4, 0.5) is 8.78 Å². The van der Waals surface area contributed by atoms with Crippen molar-refractivity contribution in [3.05, 3.63) is 58.5 Å². The molecular weight excluding hydrogens is 558 g/mol. The Hall–Kier alpha value is -3.58. The summed E-state index contributed by atoms with van der Waals surface area (Å²) in [4.78, 5) is 39.4. The number of halogens is 3. The molecule has 0 aliphatic carbocycles. The molecule has 0 unspecified atom stereocenters. The lowest BCUT2D eigenvalue weighted by molar-refractivity contribution is -0.139. The molecule has 14 heteroatoms. The molecule has 1 aliphatic rings. The summed E-state index contributed by atoms with van der Waals surface area (Å²) in [6, 6.07) is 7.64. The predicted molar refractivity (Wildman–Crippen MR) is 138 cm³/mol. The third-order valence-electron chi connectivity index (χ3n) is 6.14. The topological polar surface area (TPSA) is 128 Å². The summed E-state index contributed by atoms with van der Waals surface area (Å²) < 4.78 is 58.0. The number of alkyl halides is 1. The molecule has 10 nitrogen and oxygen atoms in total. The average Bonchev–Trinajstić information content (AvgIpc) is 3.43. The van der Waals surface area contributed by atoms with Crippen molar-refractivity contribution in [3.63, 3.8) is 0 Å². The van der Waals surface area contributed by atoms with Gasteiger partial charge in [0, 0.05) is 43.2 Å². The third-order valence-corrected chi connectivity index (χ3v) is 6.98. The maximum absolute atomic E-state index is 14.4. The average molecular weight is 583 g/mol. The van der Waals surface area contributed by atoms with Crippen LogP contribution in [0.3, 0.4) is 0 Å². The number of benzene rings is 2. The maximum atomic E-state index is 14.4. The second-order valence-electron chi connectivity index (χ2n) is 9.25. The molecule has 1 aliphatic heterocycles. The monoisotopic (exact) mass is 582 g/mol. The number of ketones is 1. The van der Waals surface area contributed by atoms with Gasteiger partial charge in [-0.2, -0.15) is 5.10 Å². The summed E-state index contributed by atoms with van der Waals surface area (Å²) in [5, 5.41) is 7.06. The van der Waals surface area contributed by atoms with E-state index in [0.717, 1.165) is 11.2 Å². The van der Waals surface area contributed by atoms with E-state index in [4.69, 9.17) is 16.3 Å². The van der Waals surface area contributed by atoms with E-state index in [-0.39, 0.29) is 47.3 Å². The van der Waals surface area contributed by atoms with Gasteiger partial charge in [-0.05, 0) is 18.2 Å². The third kappa shape index (κ3) is 6.53. The van der Waals surface area contributed by atoms with Crippen LogP contribution in [0.1, 0.15) is 29.4 Å². The summed E-state index contributed by atoms with van der Waals surface area (Å²) in [6.45, 7) is 0.338. The molecule has 39 heavy (non-hydrogen) atoms. The van der Waals surface area contributed by atoms with Gasteiger partial charge in [-0.3, -0.25) is 19.1 Å². The molecule has 4 rings (SSSR count). The number of ether oxygens (including phenoxy) is 1. The number of carbonyl (C=O) groups is 3. The fraction of sp³-hybridized carbons (Fsp3) is 0.360. The lowest BCUT2D eigenvalue weighted by Gasteiger charge is -2.24. The van der Waals surface area contributed by atoms with Gasteiger partial charge in [0.15, 0.2) is 21.6 Å². The Morgan fingerprint density at radius 2 is 1.97 bits per heavy atom. The normalized spacial score (nSPS) is 17.4. The molecule has 1 fully saturated rings. The van der Waals surface area contributed by atoms with Gasteiger partial charge in [0.1, 0.15) is 36.0 Å². The molecule has 1 saturated heterocycles. The van der Waals surface area contributed by atoms with Gasteiger partial charge in [0.05, 0.1) is 17.1 Å². The minimum atomic E-state index is -3.43. The van der Waals surface area contributed by atoms with Crippen molar-refractivity contribution in [2.24, 2.45) is 0 Å². The number of hydrogen-bond acceptors (Lipinski definition) is 7. The van der Waals surface area contributed by atoms with Gasteiger partial charge in [0.2, 0.25) is 11.8 Å². The Labute approximate surface area is 227 Å². The van der Waals surface area contributed by atoms with Gasteiger partial charge < -0.3 is 15.0 Å². The van der Waals surface area contributed by atoms with Crippen molar-refractivity contribution >= 4 is 49.9 Å². The quantitative estimate of drug-likeness (QED) is 0.384. The van der Waals surface area contributed by atoms with Gasteiger partial charge in [-0.15, -0.1) is 0 Å². The van der Waals surface area contributed by atoms with Crippen LogP contribution in [-0.4, -0.2) is 71.6 Å². The van der Waals surface area contributed by atoms with E-state index in [0.29, 0.717) is 10.9 Å². The molecule has 2 aromatic carbocycles. The standard InChI is InChI=1S/C25H25ClF2N4O6S/c1-14(33)24-18-7-6-17(38-13-39(2,36)37)9-20(18)32(30-24)12-22(34)31-11-16(27)8-21(31)25(35)29-10-15-4-3-5-19(26)23(15)28/h3-7,9,16,21H,8,10-13H2,1-2H3,(H,29,35)/t16-,21+/m1/s1. The smallest absolute Gasteiger partial charge is 0.245 e. The highest BCUT2D eigenvalue weighted by molar-refractivity contribution is 7.90. The lowest BCUT2D eigenvalue weighted by atomic mass is 10.1. The van der Waals surface area contributed by atoms with Crippen molar-refractivity contribution < 1.29 is 36.3 Å². The molecule has 0 bridgehead atoms. The fourth-order valence-electron chi connectivity index (χ4n) is 4.31. The van der Waals surface area contributed by atoms with E-state index in [9.17, 15) is 31.6 Å². The van der Waals surface area contributed by atoms with E-state index in [2.05, 4.69) is 10.4 Å². The zero-order valence-electron chi connectivity index (χ0n) is 21.0. The van der Waals surface area contributed by atoms with Crippen LogP contribution in [0.25, 0.3) is 10.9 Å². The molecule has 0 saturated carbocycles. The van der Waals surface area contributed by atoms with Gasteiger partial charge >= 0.3 is 0 Å². The highest BCUT2D eigenvalue weighted by Gasteiger charge is 2.40. The number of hydrogen-bond donors (Lipinski definition) is 1. The fourth-order valence-corrected chi connectivity index (χ4v) is 4.86. The molecule has 208 valence electrons. The number of fused-ring (bicyclic) bond motifs is 1. The number of likely N-dealkylation sites (tertiary alicyclic amines) is 1. The number of amides is 2. The predicted octanol–water partition coefficient (Wildman–Crippen LogP) is 2.67. The van der Waals surface area contributed by atoms with Crippen molar-refractivity contribution in [1.29, 1.82) is 0 Å². The number of nitrogens with one attached hydrogen (secondary N) is 1. The first kappa shape index (κ1) is 28.4. The molecule has 2 amide bonds. The number of rotatable bonds is 9. The Morgan fingerprint density at radius 1 is 1.23 bits per heavy atom. The van der Waals surface area contributed by atoms with E-state index in [1.807, 2.05) is 0 Å². The molecular formula is C25H25ClF2N4O6S. The van der Waals surface area contributed by atoms with Crippen molar-refractivity contribution in [2.45, 2.75) is 38.6 Å². The number of Topliss-reactive ketones (excluding diaryl/α,β-unsaturated/α-hetero) is 1.